The average Bonchev–Trinajstić information content (AvgIpc) is 3.71. The first-order valence-corrected chi connectivity index (χ1v) is 18.0. The Morgan fingerprint density at radius 1 is 1.20 bits per heavy atom. The van der Waals surface area contributed by atoms with Gasteiger partial charge in [-0.05, 0) is 36.1 Å². The number of carbonyl (C=O) groups excluding carboxylic acids is 3. The molecule has 0 saturated carbocycles. The number of thioether (sulfide) groups is 1. The van der Waals surface area contributed by atoms with Gasteiger partial charge in [0, 0.05) is 77.5 Å². The van der Waals surface area contributed by atoms with Crippen LogP contribution in [0.1, 0.15) is 47.3 Å². The molecule has 0 radical (unpaired) electrons. The summed E-state index contributed by atoms with van der Waals surface area (Å²) in [5.41, 5.74) is 0.423. The lowest BCUT2D eigenvalue weighted by Crippen LogP contribution is -2.53. The van der Waals surface area contributed by atoms with Crippen LogP contribution in [-0.2, 0) is 16.0 Å². The summed E-state index contributed by atoms with van der Waals surface area (Å²) in [7, 11) is 2.82. The van der Waals surface area contributed by atoms with Gasteiger partial charge >= 0.3 is 0 Å². The van der Waals surface area contributed by atoms with E-state index in [0.29, 0.717) is 18.5 Å². The summed E-state index contributed by atoms with van der Waals surface area (Å²) in [4.78, 5) is 51.5. The van der Waals surface area contributed by atoms with E-state index >= 15 is 0 Å². The van der Waals surface area contributed by atoms with Crippen LogP contribution < -0.4 is 19.5 Å². The number of ether oxygens (including phenoxy) is 3. The van der Waals surface area contributed by atoms with Gasteiger partial charge in [-0.2, -0.15) is 0 Å². The number of benzene rings is 2. The topological polar surface area (TPSA) is 137 Å². The number of nitrogens with zero attached hydrogens (tertiary/aromatic N) is 2. The maximum Gasteiger partial charge on any atom is 0.231 e. The number of halogens is 1. The molecule has 0 fully saturated rings. The average molecular weight is 720 g/mol. The van der Waals surface area contributed by atoms with Crippen LogP contribution in [0, 0.1) is 5.92 Å². The largest absolute Gasteiger partial charge is 0.507 e. The Hall–Kier alpha value is -4.39. The van der Waals surface area contributed by atoms with E-state index in [9.17, 15) is 19.5 Å². The quantitative estimate of drug-likeness (QED) is 0.158. The minimum Gasteiger partial charge on any atom is -0.507 e. The van der Waals surface area contributed by atoms with Crippen LogP contribution in [0.5, 0.6) is 17.2 Å². The van der Waals surface area contributed by atoms with Gasteiger partial charge in [0.2, 0.25) is 17.3 Å². The summed E-state index contributed by atoms with van der Waals surface area (Å²) in [6.45, 7) is 1.98. The molecule has 10 nitrogen and oxygen atoms in total. The number of methoxy groups -OCH3 is 2. The fourth-order valence-electron chi connectivity index (χ4n) is 6.39. The normalized spacial score (nSPS) is 19.1. The third-order valence-electron chi connectivity index (χ3n) is 8.93. The van der Waals surface area contributed by atoms with Crippen molar-refractivity contribution in [3.63, 3.8) is 0 Å². The van der Waals surface area contributed by atoms with Crippen LogP contribution in [-0.4, -0.2) is 65.2 Å². The van der Waals surface area contributed by atoms with Gasteiger partial charge < -0.3 is 24.6 Å². The zero-order chi connectivity index (χ0) is 34.9. The van der Waals surface area contributed by atoms with E-state index in [4.69, 9.17) is 25.8 Å². The molecule has 0 saturated heterocycles. The predicted molar refractivity (Wildman–Crippen MR) is 188 cm³/mol. The lowest BCUT2D eigenvalue weighted by molar-refractivity contribution is -0.121. The van der Waals surface area contributed by atoms with Crippen molar-refractivity contribution in [3.05, 3.63) is 93.4 Å². The molecule has 1 aliphatic carbocycles. The highest BCUT2D eigenvalue weighted by Crippen LogP contribution is 2.55. The van der Waals surface area contributed by atoms with E-state index in [1.165, 1.54) is 31.6 Å². The van der Waals surface area contributed by atoms with E-state index in [1.807, 2.05) is 48.0 Å². The zero-order valence-corrected chi connectivity index (χ0v) is 29.6. The molecule has 2 aliphatic rings. The number of Topliss-reactive ketones (excluding diaryl/α,β-unsaturated/α-hetero) is 2. The summed E-state index contributed by atoms with van der Waals surface area (Å²) in [5.74, 6) is -3.10. The van der Waals surface area contributed by atoms with Crippen molar-refractivity contribution in [1.29, 1.82) is 0 Å². The minimum absolute atomic E-state index is 0.00214. The molecule has 1 amide bonds. The molecule has 1 spiro atoms. The van der Waals surface area contributed by atoms with Crippen molar-refractivity contribution < 1.29 is 33.7 Å². The summed E-state index contributed by atoms with van der Waals surface area (Å²) in [5, 5.41) is 17.9. The Labute approximate surface area is 296 Å². The standard InChI is InChI=1S/C36H34ClN3O7S2/c1-19-14-25(41)29(33(43)36(19)34(44)30-26(45-2)16-27(46-3)31(37)32(30)47-36)24(20-7-9-23(48-4)10-8-20)15-28(42)39-13-11-22-18-49-35(40-22)21-6-5-12-38-17-21/h5-10,12,16-19,24,43H,11,13-15H2,1-4H3,(H,39,42). The molecule has 13 heteroatoms. The monoisotopic (exact) mass is 719 g/mol. The Morgan fingerprint density at radius 2 is 1.96 bits per heavy atom. The second-order valence-corrected chi connectivity index (χ2v) is 13.9. The molecule has 2 aromatic heterocycles. The molecule has 49 heavy (non-hydrogen) atoms. The summed E-state index contributed by atoms with van der Waals surface area (Å²) >= 11 is 9.66. The number of aliphatic hydroxyl groups is 1. The first kappa shape index (κ1) is 34.5. The maximum atomic E-state index is 14.3. The third kappa shape index (κ3) is 6.28. The number of rotatable bonds is 11. The maximum absolute atomic E-state index is 14.3. The van der Waals surface area contributed by atoms with Crippen molar-refractivity contribution in [3.8, 4) is 27.8 Å². The van der Waals surface area contributed by atoms with E-state index < -0.39 is 29.0 Å². The number of nitrogens with one attached hydrogen (secondary N) is 1. The summed E-state index contributed by atoms with van der Waals surface area (Å²) < 4.78 is 17.2. The van der Waals surface area contributed by atoms with Crippen molar-refractivity contribution in [1.82, 2.24) is 15.3 Å². The van der Waals surface area contributed by atoms with Gasteiger partial charge in [0.05, 0.1) is 19.9 Å². The summed E-state index contributed by atoms with van der Waals surface area (Å²) in [6.07, 6.45) is 5.63. The molecular formula is C36H34ClN3O7S2. The number of carbonyl (C=O) groups is 3. The molecule has 6 rings (SSSR count). The number of ketones is 2. The van der Waals surface area contributed by atoms with Crippen LogP contribution in [0.15, 0.2) is 76.5 Å². The molecule has 2 aromatic carbocycles. The number of aliphatic hydroxyl groups excluding tert-OH is 1. The fraction of sp³-hybridized carbons (Fsp3) is 0.306. The highest BCUT2D eigenvalue weighted by atomic mass is 35.5. The first-order chi connectivity index (χ1) is 23.6. The number of thiazole rings is 1. The number of amides is 1. The Balaban J connectivity index is 1.32. The number of hydrogen-bond donors (Lipinski definition) is 2. The highest BCUT2D eigenvalue weighted by molar-refractivity contribution is 7.98. The molecule has 4 aromatic rings. The molecule has 0 bridgehead atoms. The van der Waals surface area contributed by atoms with Gasteiger partial charge in [-0.15, -0.1) is 23.1 Å². The zero-order valence-electron chi connectivity index (χ0n) is 27.2. The predicted octanol–water partition coefficient (Wildman–Crippen LogP) is 6.87. The van der Waals surface area contributed by atoms with Crippen molar-refractivity contribution >= 4 is 52.2 Å². The second kappa shape index (κ2) is 14.2. The van der Waals surface area contributed by atoms with Crippen molar-refractivity contribution in [2.24, 2.45) is 5.92 Å². The van der Waals surface area contributed by atoms with E-state index in [-0.39, 0.29) is 57.9 Å². The number of pyridine rings is 1. The lowest BCUT2D eigenvalue weighted by Gasteiger charge is -2.38. The number of aromatic nitrogens is 2. The van der Waals surface area contributed by atoms with E-state index in [0.717, 1.165) is 21.2 Å². The minimum atomic E-state index is -1.96. The second-order valence-electron chi connectivity index (χ2n) is 11.8. The molecule has 2 N–H and O–H groups in total. The van der Waals surface area contributed by atoms with Gasteiger partial charge in [-0.25, -0.2) is 4.98 Å². The van der Waals surface area contributed by atoms with Gasteiger partial charge in [-0.1, -0.05) is 30.7 Å². The molecule has 3 unspecified atom stereocenters. The fourth-order valence-corrected chi connectivity index (χ4v) is 7.91. The van der Waals surface area contributed by atoms with Gasteiger partial charge in [-0.3, -0.25) is 19.4 Å². The van der Waals surface area contributed by atoms with E-state index in [1.54, 1.807) is 31.1 Å². The molecule has 3 heterocycles. The van der Waals surface area contributed by atoms with Crippen molar-refractivity contribution in [2.75, 3.05) is 27.0 Å². The highest BCUT2D eigenvalue weighted by Gasteiger charge is 2.61. The number of hydrogen-bond acceptors (Lipinski definition) is 11. The Kier molecular flexibility index (Phi) is 10.0. The van der Waals surface area contributed by atoms with Crippen LogP contribution in [0.4, 0.5) is 0 Å². The molecule has 3 atom stereocenters. The molecule has 1 aliphatic heterocycles. The SMILES string of the molecule is COc1cc(OC)c2c(c1Cl)OC1(C2=O)C(O)=C(C(CC(=O)NCCc2csc(-c3cccnc3)n2)c2ccc(SC)cc2)C(=O)CC1C. The van der Waals surface area contributed by atoms with Crippen LogP contribution in [0.3, 0.4) is 0 Å². The van der Waals surface area contributed by atoms with Crippen LogP contribution in [0.25, 0.3) is 10.6 Å². The molecule has 254 valence electrons. The van der Waals surface area contributed by atoms with Crippen LogP contribution >= 0.6 is 34.7 Å². The number of fused-ring (bicyclic) bond motifs is 1. The Morgan fingerprint density at radius 3 is 2.63 bits per heavy atom. The van der Waals surface area contributed by atoms with Gasteiger partial charge in [0.25, 0.3) is 0 Å². The first-order valence-electron chi connectivity index (χ1n) is 15.5. The smallest absolute Gasteiger partial charge is 0.231 e. The Bertz CT molecular complexity index is 1950. The lowest BCUT2D eigenvalue weighted by atomic mass is 9.69. The van der Waals surface area contributed by atoms with Crippen molar-refractivity contribution in [2.45, 2.75) is 42.6 Å². The third-order valence-corrected chi connectivity index (χ3v) is 11.0. The summed E-state index contributed by atoms with van der Waals surface area (Å²) in [6, 6.07) is 12.7. The number of allylic oxidation sites excluding steroid dienone is 1. The van der Waals surface area contributed by atoms with E-state index in [2.05, 4.69) is 15.3 Å². The van der Waals surface area contributed by atoms with Gasteiger partial charge in [0.15, 0.2) is 17.3 Å². The van der Waals surface area contributed by atoms with Crippen LogP contribution in [0.2, 0.25) is 5.02 Å². The molecular weight excluding hydrogens is 686 g/mol. The van der Waals surface area contributed by atoms with Gasteiger partial charge in [0.1, 0.15) is 27.1 Å².